The number of hydrazine groups is 1. The summed E-state index contributed by atoms with van der Waals surface area (Å²) in [7, 11) is 4.53. The molecule has 1 saturated heterocycles. The molecule has 0 spiro atoms. The normalized spacial score (nSPS) is 14.9. The molecule has 0 bridgehead atoms. The highest BCUT2D eigenvalue weighted by atomic mass is 32.2. The first-order valence-corrected chi connectivity index (χ1v) is 9.65. The number of amides is 2. The zero-order valence-corrected chi connectivity index (χ0v) is 17.6. The first-order valence-electron chi connectivity index (χ1n) is 8.43. The Bertz CT molecular complexity index is 1010. The Balaban J connectivity index is 1.85. The van der Waals surface area contributed by atoms with Crippen LogP contribution in [-0.2, 0) is 4.79 Å². The monoisotopic (exact) mass is 430 g/mol. The van der Waals surface area contributed by atoms with Crippen molar-refractivity contribution in [1.29, 1.82) is 0 Å². The van der Waals surface area contributed by atoms with E-state index in [2.05, 4.69) is 5.43 Å². The van der Waals surface area contributed by atoms with Crippen molar-refractivity contribution in [3.63, 3.8) is 0 Å². The molecule has 1 aliphatic heterocycles. The number of para-hydroxylation sites is 2. The molecule has 1 N–H and O–H groups in total. The summed E-state index contributed by atoms with van der Waals surface area (Å²) < 4.78 is 16.1. The third-order valence-electron chi connectivity index (χ3n) is 4.08. The molecule has 7 nitrogen and oxygen atoms in total. The maximum Gasteiger partial charge on any atom is 0.285 e. The molecule has 2 aromatic rings. The average molecular weight is 431 g/mol. The van der Waals surface area contributed by atoms with Crippen LogP contribution >= 0.6 is 24.0 Å². The summed E-state index contributed by atoms with van der Waals surface area (Å²) in [4.78, 5) is 25.8. The number of ether oxygens (including phenoxy) is 3. The van der Waals surface area contributed by atoms with E-state index in [1.807, 2.05) is 0 Å². The van der Waals surface area contributed by atoms with Gasteiger partial charge in [-0.15, -0.1) is 0 Å². The zero-order valence-electron chi connectivity index (χ0n) is 15.9. The quantitative estimate of drug-likeness (QED) is 0.557. The van der Waals surface area contributed by atoms with Crippen molar-refractivity contribution in [1.82, 2.24) is 10.4 Å². The Labute approximate surface area is 177 Å². The molecule has 9 heteroatoms. The molecule has 1 fully saturated rings. The third-order valence-corrected chi connectivity index (χ3v) is 5.38. The van der Waals surface area contributed by atoms with Gasteiger partial charge in [-0.05, 0) is 36.5 Å². The highest BCUT2D eigenvalue weighted by Crippen LogP contribution is 2.36. The van der Waals surface area contributed by atoms with E-state index in [9.17, 15) is 9.59 Å². The van der Waals surface area contributed by atoms with Crippen molar-refractivity contribution in [2.24, 2.45) is 0 Å². The van der Waals surface area contributed by atoms with Gasteiger partial charge < -0.3 is 14.2 Å². The van der Waals surface area contributed by atoms with Gasteiger partial charge in [-0.1, -0.05) is 36.0 Å². The van der Waals surface area contributed by atoms with Crippen molar-refractivity contribution in [3.05, 3.63) is 58.5 Å². The number of carbonyl (C=O) groups excluding carboxylic acids is 2. The molecule has 0 aliphatic carbocycles. The molecule has 29 heavy (non-hydrogen) atoms. The minimum absolute atomic E-state index is 0.214. The summed E-state index contributed by atoms with van der Waals surface area (Å²) in [5.41, 5.74) is 3.49. The molecule has 0 aromatic heterocycles. The van der Waals surface area contributed by atoms with E-state index >= 15 is 0 Å². The zero-order chi connectivity index (χ0) is 21.0. The molecule has 0 atom stereocenters. The summed E-state index contributed by atoms with van der Waals surface area (Å²) in [6.45, 7) is 0. The van der Waals surface area contributed by atoms with E-state index in [1.54, 1.807) is 48.5 Å². The molecule has 1 heterocycles. The highest BCUT2D eigenvalue weighted by Gasteiger charge is 2.34. The van der Waals surface area contributed by atoms with Crippen LogP contribution in [0.1, 0.15) is 15.9 Å². The average Bonchev–Trinajstić information content (AvgIpc) is 3.00. The van der Waals surface area contributed by atoms with Crippen LogP contribution in [0.3, 0.4) is 0 Å². The standard InChI is InChI=1S/C20H18N2O5S2/c1-25-14-9-5-4-8-13(14)18(23)21-22-19(24)16(29-20(22)28)11-12-7-6-10-15(26-2)17(12)27-3/h4-11H,1-3H3,(H,21,23). The number of carbonyl (C=O) groups is 2. The Morgan fingerprint density at radius 2 is 1.72 bits per heavy atom. The van der Waals surface area contributed by atoms with Crippen molar-refractivity contribution in [2.75, 3.05) is 21.3 Å². The predicted molar refractivity (Wildman–Crippen MR) is 115 cm³/mol. The van der Waals surface area contributed by atoms with Crippen LogP contribution in [0.15, 0.2) is 47.4 Å². The fraction of sp³-hybridized carbons (Fsp3) is 0.150. The lowest BCUT2D eigenvalue weighted by molar-refractivity contribution is -0.123. The Hall–Kier alpha value is -3.04. The Morgan fingerprint density at radius 3 is 2.41 bits per heavy atom. The maximum absolute atomic E-state index is 12.8. The molecule has 1 aliphatic rings. The summed E-state index contributed by atoms with van der Waals surface area (Å²) in [6, 6.07) is 12.1. The van der Waals surface area contributed by atoms with Gasteiger partial charge in [0.15, 0.2) is 15.8 Å². The second kappa shape index (κ2) is 8.97. The van der Waals surface area contributed by atoms with Crippen LogP contribution in [0.2, 0.25) is 0 Å². The SMILES string of the molecule is COc1ccccc1C(=O)NN1C(=O)C(=Cc2cccc(OC)c2OC)SC1=S. The number of thiocarbonyl (C=S) groups is 1. The fourth-order valence-corrected chi connectivity index (χ4v) is 3.90. The smallest absolute Gasteiger partial charge is 0.285 e. The third kappa shape index (κ3) is 4.20. The van der Waals surface area contributed by atoms with E-state index < -0.39 is 11.8 Å². The molecule has 2 amide bonds. The van der Waals surface area contributed by atoms with Crippen molar-refractivity contribution in [2.45, 2.75) is 0 Å². The van der Waals surface area contributed by atoms with Crippen LogP contribution in [0.25, 0.3) is 6.08 Å². The highest BCUT2D eigenvalue weighted by molar-refractivity contribution is 8.26. The van der Waals surface area contributed by atoms with Crippen molar-refractivity contribution < 1.29 is 23.8 Å². The number of rotatable bonds is 6. The van der Waals surface area contributed by atoms with Crippen LogP contribution in [0.4, 0.5) is 0 Å². The second-order valence-electron chi connectivity index (χ2n) is 5.74. The summed E-state index contributed by atoms with van der Waals surface area (Å²) in [5, 5.41) is 1.05. The number of thioether (sulfide) groups is 1. The van der Waals surface area contributed by atoms with Gasteiger partial charge in [-0.3, -0.25) is 15.0 Å². The summed E-state index contributed by atoms with van der Waals surface area (Å²) in [6.07, 6.45) is 1.65. The molecule has 0 radical (unpaired) electrons. The topological polar surface area (TPSA) is 77.1 Å². The lowest BCUT2D eigenvalue weighted by Crippen LogP contribution is -2.44. The van der Waals surface area contributed by atoms with Gasteiger partial charge in [0.05, 0.1) is 31.8 Å². The lowest BCUT2D eigenvalue weighted by atomic mass is 10.1. The van der Waals surface area contributed by atoms with Crippen LogP contribution in [0.5, 0.6) is 17.2 Å². The maximum atomic E-state index is 12.8. The second-order valence-corrected chi connectivity index (χ2v) is 7.42. The van der Waals surface area contributed by atoms with E-state index in [-0.39, 0.29) is 4.32 Å². The molecule has 0 unspecified atom stereocenters. The van der Waals surface area contributed by atoms with E-state index in [4.69, 9.17) is 26.4 Å². The number of nitrogens with zero attached hydrogens (tertiary/aromatic N) is 1. The summed E-state index contributed by atoms with van der Waals surface area (Å²) >= 11 is 6.36. The van der Waals surface area contributed by atoms with Crippen LogP contribution in [0, 0.1) is 0 Å². The molecular formula is C20H18N2O5S2. The fourth-order valence-electron chi connectivity index (χ4n) is 2.72. The van der Waals surface area contributed by atoms with Gasteiger partial charge in [0.2, 0.25) is 0 Å². The van der Waals surface area contributed by atoms with Gasteiger partial charge in [-0.25, -0.2) is 0 Å². The number of hydrogen-bond acceptors (Lipinski definition) is 7. The number of methoxy groups -OCH3 is 3. The van der Waals surface area contributed by atoms with E-state index in [1.165, 1.54) is 21.3 Å². The van der Waals surface area contributed by atoms with E-state index in [0.717, 1.165) is 16.8 Å². The van der Waals surface area contributed by atoms with Gasteiger partial charge in [0.1, 0.15) is 5.75 Å². The Morgan fingerprint density at radius 1 is 1.03 bits per heavy atom. The van der Waals surface area contributed by atoms with E-state index in [0.29, 0.717) is 33.3 Å². The number of nitrogens with one attached hydrogen (secondary N) is 1. The molecule has 0 saturated carbocycles. The minimum Gasteiger partial charge on any atom is -0.496 e. The first-order chi connectivity index (χ1) is 14.0. The largest absolute Gasteiger partial charge is 0.496 e. The van der Waals surface area contributed by atoms with Gasteiger partial charge in [0, 0.05) is 5.56 Å². The molecule has 3 rings (SSSR count). The molecule has 150 valence electrons. The van der Waals surface area contributed by atoms with Crippen molar-refractivity contribution >= 4 is 46.2 Å². The van der Waals surface area contributed by atoms with Gasteiger partial charge >= 0.3 is 0 Å². The first kappa shape index (κ1) is 20.7. The number of hydrogen-bond donors (Lipinski definition) is 1. The van der Waals surface area contributed by atoms with Crippen LogP contribution < -0.4 is 19.6 Å². The minimum atomic E-state index is -0.501. The number of benzene rings is 2. The summed E-state index contributed by atoms with van der Waals surface area (Å²) in [5.74, 6) is 0.499. The molecular weight excluding hydrogens is 412 g/mol. The predicted octanol–water partition coefficient (Wildman–Crippen LogP) is 3.26. The Kier molecular flexibility index (Phi) is 6.40. The van der Waals surface area contributed by atoms with Crippen molar-refractivity contribution in [3.8, 4) is 17.2 Å². The lowest BCUT2D eigenvalue weighted by Gasteiger charge is -2.16. The van der Waals surface area contributed by atoms with Gasteiger partial charge in [0.25, 0.3) is 11.8 Å². The molecule has 2 aromatic carbocycles. The van der Waals surface area contributed by atoms with Crippen LogP contribution in [-0.4, -0.2) is 42.5 Å². The van der Waals surface area contributed by atoms with Gasteiger partial charge in [-0.2, -0.15) is 5.01 Å².